The van der Waals surface area contributed by atoms with Gasteiger partial charge in [-0.3, -0.25) is 4.57 Å². The van der Waals surface area contributed by atoms with E-state index in [4.69, 9.17) is 15.6 Å². The molecule has 4 atom stereocenters. The number of fused-ring (bicyclic) bond motifs is 1. The Morgan fingerprint density at radius 3 is 2.75 bits per heavy atom. The molecule has 1 fully saturated rings. The second kappa shape index (κ2) is 4.33. The fourth-order valence-corrected chi connectivity index (χ4v) is 2.22. The van der Waals surface area contributed by atoms with Crippen LogP contribution in [0.5, 0.6) is 0 Å². The zero-order valence-electron chi connectivity index (χ0n) is 10.2. The predicted octanol–water partition coefficient (Wildman–Crippen LogP) is -2.88. The summed E-state index contributed by atoms with van der Waals surface area (Å²) in [5.74, 6) is -2.20. The summed E-state index contributed by atoms with van der Waals surface area (Å²) in [6.45, 7) is -0.565. The van der Waals surface area contributed by atoms with Crippen LogP contribution in [0.4, 0.5) is 5.82 Å². The van der Waals surface area contributed by atoms with Crippen LogP contribution in [0.1, 0.15) is 0 Å². The Labute approximate surface area is 112 Å². The summed E-state index contributed by atoms with van der Waals surface area (Å²) in [4.78, 5) is 11.6. The molecule has 1 aliphatic rings. The predicted molar refractivity (Wildman–Crippen MR) is 63.9 cm³/mol. The molecule has 2 aromatic heterocycles. The van der Waals surface area contributed by atoms with Gasteiger partial charge in [-0.05, 0) is 0 Å². The first-order chi connectivity index (χ1) is 9.49. The maximum atomic E-state index is 10.5. The molecule has 10 heteroatoms. The zero-order chi connectivity index (χ0) is 14.5. The molecule has 0 aliphatic carbocycles. The summed E-state index contributed by atoms with van der Waals surface area (Å²) in [6.07, 6.45) is -1.95. The first kappa shape index (κ1) is 13.1. The number of imidazole rings is 1. The maximum absolute atomic E-state index is 10.5. The number of rotatable bonds is 2. The van der Waals surface area contributed by atoms with Gasteiger partial charge in [0.05, 0.1) is 6.61 Å². The average Bonchev–Trinajstić information content (AvgIpc) is 2.96. The van der Waals surface area contributed by atoms with Crippen molar-refractivity contribution in [1.29, 1.82) is 0 Å². The van der Waals surface area contributed by atoms with Crippen molar-refractivity contribution in [3.63, 3.8) is 0 Å². The average molecular weight is 283 g/mol. The molecule has 0 spiro atoms. The van der Waals surface area contributed by atoms with Crippen molar-refractivity contribution >= 4 is 17.0 Å². The van der Waals surface area contributed by atoms with E-state index in [1.165, 1.54) is 6.33 Å². The Kier molecular flexibility index (Phi) is 2.84. The Morgan fingerprint density at radius 2 is 2.10 bits per heavy atom. The van der Waals surface area contributed by atoms with Crippen molar-refractivity contribution in [3.05, 3.63) is 12.7 Å². The highest BCUT2D eigenvalue weighted by atomic mass is 16.7. The van der Waals surface area contributed by atoms with Crippen LogP contribution in [0.25, 0.3) is 11.2 Å². The van der Waals surface area contributed by atoms with Crippen molar-refractivity contribution in [2.75, 3.05) is 12.3 Å². The summed E-state index contributed by atoms with van der Waals surface area (Å²) in [7, 11) is 0. The Balaban J connectivity index is 2.13. The van der Waals surface area contributed by atoms with E-state index in [9.17, 15) is 15.3 Å². The first-order valence-electron chi connectivity index (χ1n) is 5.80. The lowest BCUT2D eigenvalue weighted by molar-refractivity contribution is -0.287. The third-order valence-corrected chi connectivity index (χ3v) is 3.30. The van der Waals surface area contributed by atoms with Gasteiger partial charge in [-0.1, -0.05) is 0 Å². The molecule has 0 amide bonds. The number of nitrogens with two attached hydrogens (primary N) is 1. The van der Waals surface area contributed by atoms with Crippen molar-refractivity contribution in [1.82, 2.24) is 19.5 Å². The summed E-state index contributed by atoms with van der Waals surface area (Å²) in [5.41, 5.74) is 5.98. The van der Waals surface area contributed by atoms with E-state index in [1.807, 2.05) is 0 Å². The highest BCUT2D eigenvalue weighted by Gasteiger charge is 2.55. The molecule has 0 bridgehead atoms. The number of aliphatic hydroxyl groups is 4. The van der Waals surface area contributed by atoms with E-state index in [1.54, 1.807) is 0 Å². The molecule has 0 radical (unpaired) electrons. The van der Waals surface area contributed by atoms with Crippen LogP contribution in [-0.2, 0) is 10.6 Å². The van der Waals surface area contributed by atoms with E-state index in [-0.39, 0.29) is 17.0 Å². The van der Waals surface area contributed by atoms with Gasteiger partial charge < -0.3 is 30.9 Å². The molecule has 1 saturated heterocycles. The number of nitrogens with zero attached hydrogens (tertiary/aromatic N) is 4. The van der Waals surface area contributed by atoms with Gasteiger partial charge in [0.25, 0.3) is 5.91 Å². The van der Waals surface area contributed by atoms with Crippen molar-refractivity contribution in [3.8, 4) is 0 Å². The fourth-order valence-electron chi connectivity index (χ4n) is 2.22. The summed E-state index contributed by atoms with van der Waals surface area (Å²) in [6, 6.07) is 0. The molecule has 6 N–H and O–H groups in total. The summed E-state index contributed by atoms with van der Waals surface area (Å²) < 4.78 is 6.17. The topological polar surface area (TPSA) is 160 Å². The highest BCUT2D eigenvalue weighted by Crippen LogP contribution is 2.35. The Morgan fingerprint density at radius 1 is 1.35 bits per heavy atom. The smallest absolute Gasteiger partial charge is 0.286 e. The maximum Gasteiger partial charge on any atom is 0.286 e. The Bertz CT molecular complexity index is 648. The SMILES string of the molecule is Nc1ncnc2c1ncn2C1(O)O[C@H](CO)[C@H](O)[C@H]1O. The van der Waals surface area contributed by atoms with Crippen molar-refractivity contribution in [2.45, 2.75) is 24.2 Å². The zero-order valence-corrected chi connectivity index (χ0v) is 10.2. The van der Waals surface area contributed by atoms with E-state index in [2.05, 4.69) is 15.0 Å². The molecule has 3 rings (SSSR count). The third kappa shape index (κ3) is 1.60. The molecule has 3 heterocycles. The van der Waals surface area contributed by atoms with Crippen LogP contribution in [0.3, 0.4) is 0 Å². The molecule has 10 nitrogen and oxygen atoms in total. The van der Waals surface area contributed by atoms with Gasteiger partial charge in [0, 0.05) is 0 Å². The third-order valence-electron chi connectivity index (χ3n) is 3.30. The van der Waals surface area contributed by atoms with E-state index < -0.39 is 30.8 Å². The first-order valence-corrected chi connectivity index (χ1v) is 5.80. The molecule has 108 valence electrons. The lowest BCUT2D eigenvalue weighted by atomic mass is 10.1. The monoisotopic (exact) mass is 283 g/mol. The van der Waals surface area contributed by atoms with Crippen molar-refractivity contribution in [2.24, 2.45) is 0 Å². The number of hydrogen-bond donors (Lipinski definition) is 5. The van der Waals surface area contributed by atoms with Gasteiger partial charge >= 0.3 is 0 Å². The molecule has 0 aromatic carbocycles. The van der Waals surface area contributed by atoms with E-state index in [0.29, 0.717) is 0 Å². The van der Waals surface area contributed by atoms with E-state index in [0.717, 1.165) is 10.9 Å². The van der Waals surface area contributed by atoms with Crippen LogP contribution in [0.15, 0.2) is 12.7 Å². The van der Waals surface area contributed by atoms with Gasteiger partial charge in [-0.25, -0.2) is 15.0 Å². The van der Waals surface area contributed by atoms with Gasteiger partial charge in [0.15, 0.2) is 17.6 Å². The number of aromatic nitrogens is 4. The fraction of sp³-hybridized carbons (Fsp3) is 0.500. The number of anilines is 1. The molecule has 1 aliphatic heterocycles. The van der Waals surface area contributed by atoms with Crippen LogP contribution in [0.2, 0.25) is 0 Å². The minimum absolute atomic E-state index is 0.101. The van der Waals surface area contributed by atoms with Gasteiger partial charge in [-0.2, -0.15) is 0 Å². The van der Waals surface area contributed by atoms with Crippen LogP contribution in [-0.4, -0.2) is 64.9 Å². The quantitative estimate of drug-likeness (QED) is 0.390. The van der Waals surface area contributed by atoms with Crippen LogP contribution >= 0.6 is 0 Å². The number of nitrogen functional groups attached to an aromatic ring is 1. The normalized spacial score (nSPS) is 33.9. The van der Waals surface area contributed by atoms with Crippen LogP contribution < -0.4 is 5.73 Å². The highest BCUT2D eigenvalue weighted by molar-refractivity contribution is 5.81. The van der Waals surface area contributed by atoms with Crippen molar-refractivity contribution < 1.29 is 25.2 Å². The van der Waals surface area contributed by atoms with Crippen LogP contribution in [0, 0.1) is 0 Å². The standard InChI is InChI=1S/C10H13N5O5/c11-8-5-9(13-2-12-8)15(3-14-5)10(19)7(18)6(17)4(1-16)20-10/h2-4,6-7,16-19H,1H2,(H2,11,12,13)/t4-,6+,7-,10?/m1/s1. The molecular formula is C10H13N5O5. The largest absolute Gasteiger partial charge is 0.394 e. The number of aliphatic hydroxyl groups excluding tert-OH is 3. The molecule has 1 unspecified atom stereocenters. The lowest BCUT2D eigenvalue weighted by Gasteiger charge is -2.27. The second-order valence-corrected chi connectivity index (χ2v) is 4.48. The second-order valence-electron chi connectivity index (χ2n) is 4.48. The molecule has 20 heavy (non-hydrogen) atoms. The molecule has 2 aromatic rings. The Hall–Kier alpha value is -1.85. The summed E-state index contributed by atoms with van der Waals surface area (Å²) in [5, 5.41) is 39.2. The summed E-state index contributed by atoms with van der Waals surface area (Å²) >= 11 is 0. The number of ether oxygens (including phenoxy) is 1. The minimum atomic E-state index is -2.30. The molecule has 0 saturated carbocycles. The molecular weight excluding hydrogens is 270 g/mol. The van der Waals surface area contributed by atoms with Gasteiger partial charge in [0.1, 0.15) is 30.4 Å². The van der Waals surface area contributed by atoms with E-state index >= 15 is 0 Å². The van der Waals surface area contributed by atoms with Gasteiger partial charge in [0.2, 0.25) is 0 Å². The number of hydrogen-bond acceptors (Lipinski definition) is 9. The lowest BCUT2D eigenvalue weighted by Crippen LogP contribution is -2.45. The minimum Gasteiger partial charge on any atom is -0.394 e. The van der Waals surface area contributed by atoms with Gasteiger partial charge in [-0.15, -0.1) is 0 Å².